The fourth-order valence-corrected chi connectivity index (χ4v) is 4.35. The highest BCUT2D eigenvalue weighted by atomic mass is 127. The highest BCUT2D eigenvalue weighted by Crippen LogP contribution is 2.29. The number of halogens is 2. The van der Waals surface area contributed by atoms with Gasteiger partial charge in [-0.1, -0.05) is 18.5 Å². The Morgan fingerprint density at radius 1 is 1.44 bits per heavy atom. The molecule has 1 atom stereocenters. The molecule has 1 unspecified atom stereocenters. The molecule has 0 amide bonds. The van der Waals surface area contributed by atoms with Crippen molar-refractivity contribution in [1.29, 1.82) is 0 Å². The van der Waals surface area contributed by atoms with E-state index < -0.39 is 0 Å². The fraction of sp³-hybridized carbons (Fsp3) is 0.385. The molecule has 2 rings (SSSR count). The summed E-state index contributed by atoms with van der Waals surface area (Å²) in [4.78, 5) is 1.34. The van der Waals surface area contributed by atoms with Crippen LogP contribution in [0.4, 0.5) is 0 Å². The summed E-state index contributed by atoms with van der Waals surface area (Å²) in [6.45, 7) is 3.25. The molecule has 2 aromatic rings. The summed E-state index contributed by atoms with van der Waals surface area (Å²) >= 11 is 11.9. The SMILES string of the molecule is CCCNC(Cc1ccc(Cl)s1)c1csc(I)c1. The Hall–Kier alpha value is 0.380. The van der Waals surface area contributed by atoms with Crippen molar-refractivity contribution in [2.45, 2.75) is 25.8 Å². The van der Waals surface area contributed by atoms with Gasteiger partial charge in [0.15, 0.2) is 0 Å². The van der Waals surface area contributed by atoms with E-state index in [9.17, 15) is 0 Å². The second-order valence-corrected chi connectivity index (χ2v) is 8.71. The zero-order chi connectivity index (χ0) is 13.0. The van der Waals surface area contributed by atoms with Gasteiger partial charge >= 0.3 is 0 Å². The van der Waals surface area contributed by atoms with Crippen LogP contribution in [0.5, 0.6) is 0 Å². The van der Waals surface area contributed by atoms with E-state index in [0.717, 1.165) is 23.7 Å². The molecule has 0 fully saturated rings. The van der Waals surface area contributed by atoms with E-state index in [1.165, 1.54) is 13.3 Å². The first-order valence-corrected chi connectivity index (χ1v) is 9.06. The molecule has 0 aliphatic rings. The van der Waals surface area contributed by atoms with Gasteiger partial charge in [-0.15, -0.1) is 22.7 Å². The first-order valence-electron chi connectivity index (χ1n) is 5.90. The molecule has 0 saturated carbocycles. The molecule has 2 heterocycles. The zero-order valence-corrected chi connectivity index (χ0v) is 14.6. The Bertz CT molecular complexity index is 495. The van der Waals surface area contributed by atoms with Crippen LogP contribution in [0.3, 0.4) is 0 Å². The van der Waals surface area contributed by atoms with E-state index in [-0.39, 0.29) is 0 Å². The molecule has 0 aliphatic heterocycles. The third kappa shape index (κ3) is 4.20. The number of hydrogen-bond donors (Lipinski definition) is 1. The van der Waals surface area contributed by atoms with Crippen molar-refractivity contribution in [3.05, 3.63) is 41.2 Å². The molecule has 0 spiro atoms. The van der Waals surface area contributed by atoms with Crippen molar-refractivity contribution >= 4 is 56.9 Å². The smallest absolute Gasteiger partial charge is 0.0931 e. The van der Waals surface area contributed by atoms with Crippen LogP contribution in [0.15, 0.2) is 23.6 Å². The molecular weight excluding hydrogens is 397 g/mol. The van der Waals surface area contributed by atoms with Crippen LogP contribution in [0.25, 0.3) is 0 Å². The van der Waals surface area contributed by atoms with Crippen LogP contribution in [0, 0.1) is 2.88 Å². The van der Waals surface area contributed by atoms with Gasteiger partial charge in [0.2, 0.25) is 0 Å². The van der Waals surface area contributed by atoms with Crippen molar-refractivity contribution in [2.75, 3.05) is 6.54 Å². The van der Waals surface area contributed by atoms with E-state index in [0.29, 0.717) is 6.04 Å². The first-order chi connectivity index (χ1) is 8.69. The Morgan fingerprint density at radius 2 is 2.28 bits per heavy atom. The van der Waals surface area contributed by atoms with Crippen LogP contribution in [0.2, 0.25) is 4.34 Å². The maximum absolute atomic E-state index is 6.00. The first kappa shape index (κ1) is 14.8. The van der Waals surface area contributed by atoms with E-state index in [4.69, 9.17) is 11.6 Å². The predicted molar refractivity (Wildman–Crippen MR) is 91.1 cm³/mol. The summed E-state index contributed by atoms with van der Waals surface area (Å²) in [7, 11) is 0. The maximum atomic E-state index is 6.00. The Labute approximate surface area is 135 Å². The minimum Gasteiger partial charge on any atom is -0.310 e. The molecule has 18 heavy (non-hydrogen) atoms. The van der Waals surface area contributed by atoms with Crippen molar-refractivity contribution in [3.8, 4) is 0 Å². The summed E-state index contributed by atoms with van der Waals surface area (Å²) in [6, 6.07) is 6.79. The minimum absolute atomic E-state index is 0.402. The molecule has 5 heteroatoms. The average Bonchev–Trinajstić information content (AvgIpc) is 2.93. The third-order valence-corrected chi connectivity index (χ3v) is 5.73. The standard InChI is InChI=1S/C13H15ClINS2/c1-2-5-16-11(9-6-13(15)17-8-9)7-10-3-4-12(14)18-10/h3-4,6,8,11,16H,2,5,7H2,1H3. The summed E-state index contributed by atoms with van der Waals surface area (Å²) in [6.07, 6.45) is 2.17. The lowest BCUT2D eigenvalue weighted by Gasteiger charge is -2.16. The van der Waals surface area contributed by atoms with Crippen molar-refractivity contribution < 1.29 is 0 Å². The third-order valence-electron chi connectivity index (χ3n) is 2.67. The van der Waals surface area contributed by atoms with Crippen LogP contribution < -0.4 is 5.32 Å². The molecule has 1 N–H and O–H groups in total. The minimum atomic E-state index is 0.402. The van der Waals surface area contributed by atoms with Crippen LogP contribution in [0.1, 0.15) is 29.8 Å². The molecule has 98 valence electrons. The number of thiophene rings is 2. The van der Waals surface area contributed by atoms with Crippen LogP contribution >= 0.6 is 56.9 Å². The molecule has 2 aromatic heterocycles. The van der Waals surface area contributed by atoms with Gasteiger partial charge in [-0.05, 0) is 64.7 Å². The summed E-state index contributed by atoms with van der Waals surface area (Å²) in [5, 5.41) is 5.88. The van der Waals surface area contributed by atoms with Crippen LogP contribution in [-0.2, 0) is 6.42 Å². The monoisotopic (exact) mass is 411 g/mol. The molecular formula is C13H15ClINS2. The second-order valence-electron chi connectivity index (χ2n) is 4.10. The number of hydrogen-bond acceptors (Lipinski definition) is 3. The molecule has 0 aromatic carbocycles. The van der Waals surface area contributed by atoms with E-state index in [1.54, 1.807) is 22.7 Å². The zero-order valence-electron chi connectivity index (χ0n) is 10.1. The molecule has 0 radical (unpaired) electrons. The molecule has 1 nitrogen and oxygen atoms in total. The van der Waals surface area contributed by atoms with Crippen molar-refractivity contribution in [3.63, 3.8) is 0 Å². The Kier molecular flexibility index (Phi) is 5.95. The fourth-order valence-electron chi connectivity index (χ4n) is 1.80. The number of rotatable bonds is 6. The Balaban J connectivity index is 2.09. The Morgan fingerprint density at radius 3 is 2.83 bits per heavy atom. The van der Waals surface area contributed by atoms with Gasteiger partial charge in [-0.3, -0.25) is 0 Å². The van der Waals surface area contributed by atoms with E-state index in [1.807, 2.05) is 6.07 Å². The van der Waals surface area contributed by atoms with Gasteiger partial charge in [0.05, 0.1) is 7.22 Å². The highest BCUT2D eigenvalue weighted by Gasteiger charge is 2.14. The van der Waals surface area contributed by atoms with Crippen molar-refractivity contribution in [2.24, 2.45) is 0 Å². The lowest BCUT2D eigenvalue weighted by molar-refractivity contribution is 0.533. The topological polar surface area (TPSA) is 12.0 Å². The van der Waals surface area contributed by atoms with Gasteiger partial charge in [-0.25, -0.2) is 0 Å². The lowest BCUT2D eigenvalue weighted by Crippen LogP contribution is -2.23. The van der Waals surface area contributed by atoms with E-state index >= 15 is 0 Å². The summed E-state index contributed by atoms with van der Waals surface area (Å²) in [5.74, 6) is 0. The van der Waals surface area contributed by atoms with E-state index in [2.05, 4.69) is 52.3 Å². The van der Waals surface area contributed by atoms with Gasteiger partial charge in [0.1, 0.15) is 0 Å². The summed E-state index contributed by atoms with van der Waals surface area (Å²) < 4.78 is 2.22. The molecule has 0 saturated heterocycles. The van der Waals surface area contributed by atoms with Gasteiger partial charge in [-0.2, -0.15) is 0 Å². The van der Waals surface area contributed by atoms with Gasteiger partial charge < -0.3 is 5.32 Å². The summed E-state index contributed by atoms with van der Waals surface area (Å²) in [5.41, 5.74) is 1.39. The van der Waals surface area contributed by atoms with Crippen molar-refractivity contribution in [1.82, 2.24) is 5.32 Å². The van der Waals surface area contributed by atoms with Gasteiger partial charge in [0, 0.05) is 17.3 Å². The average molecular weight is 412 g/mol. The molecule has 0 aliphatic carbocycles. The predicted octanol–water partition coefficient (Wildman–Crippen LogP) is 5.35. The second kappa shape index (κ2) is 7.24. The largest absolute Gasteiger partial charge is 0.310 e. The quantitative estimate of drug-likeness (QED) is 0.632. The number of nitrogens with one attached hydrogen (secondary N) is 1. The normalized spacial score (nSPS) is 12.8. The highest BCUT2D eigenvalue weighted by molar-refractivity contribution is 14.1. The van der Waals surface area contributed by atoms with Gasteiger partial charge in [0.25, 0.3) is 0 Å². The molecule has 0 bridgehead atoms. The lowest BCUT2D eigenvalue weighted by atomic mass is 10.1. The maximum Gasteiger partial charge on any atom is 0.0931 e. The van der Waals surface area contributed by atoms with Crippen LogP contribution in [-0.4, -0.2) is 6.54 Å².